The number of nitriles is 1. The summed E-state index contributed by atoms with van der Waals surface area (Å²) in [6, 6.07) is 10.7. The molecular formula is C25H29N3O4. The fourth-order valence-electron chi connectivity index (χ4n) is 3.37. The van der Waals surface area contributed by atoms with E-state index in [0.29, 0.717) is 18.5 Å². The molecule has 0 saturated heterocycles. The molecule has 0 fully saturated rings. The second kappa shape index (κ2) is 11.7. The number of amides is 1. The molecule has 0 radical (unpaired) electrons. The first-order valence-electron chi connectivity index (χ1n) is 10.6. The Morgan fingerprint density at radius 3 is 2.47 bits per heavy atom. The summed E-state index contributed by atoms with van der Waals surface area (Å²) in [6.07, 6.45) is 3.13. The van der Waals surface area contributed by atoms with Crippen molar-refractivity contribution < 1.29 is 19.1 Å². The van der Waals surface area contributed by atoms with E-state index >= 15 is 0 Å². The van der Waals surface area contributed by atoms with Gasteiger partial charge < -0.3 is 14.6 Å². The summed E-state index contributed by atoms with van der Waals surface area (Å²) < 4.78 is 7.23. The van der Waals surface area contributed by atoms with Gasteiger partial charge in [0.25, 0.3) is 0 Å². The molecule has 7 nitrogen and oxygen atoms in total. The highest BCUT2D eigenvalue weighted by Crippen LogP contribution is 2.19. The zero-order valence-corrected chi connectivity index (χ0v) is 19.0. The third kappa shape index (κ3) is 6.67. The number of hydrogen-bond donors (Lipinski definition) is 1. The fourth-order valence-corrected chi connectivity index (χ4v) is 3.37. The first-order chi connectivity index (χ1) is 15.3. The van der Waals surface area contributed by atoms with Crippen LogP contribution in [0.25, 0.3) is 6.08 Å². The van der Waals surface area contributed by atoms with Gasteiger partial charge in [0.15, 0.2) is 12.4 Å². The number of ether oxygens (including phenoxy) is 1. The number of aromatic nitrogens is 1. The Morgan fingerprint density at radius 1 is 1.19 bits per heavy atom. The summed E-state index contributed by atoms with van der Waals surface area (Å²) in [6.45, 7) is 8.40. The first kappa shape index (κ1) is 24.6. The molecule has 0 bridgehead atoms. The van der Waals surface area contributed by atoms with Crippen molar-refractivity contribution in [2.75, 3.05) is 13.2 Å². The monoisotopic (exact) mass is 435 g/mol. The van der Waals surface area contributed by atoms with E-state index in [9.17, 15) is 19.6 Å². The number of carbonyl (C=O) groups is 3. The van der Waals surface area contributed by atoms with Gasteiger partial charge in [-0.2, -0.15) is 5.26 Å². The molecule has 2 rings (SSSR count). The average Bonchev–Trinajstić information content (AvgIpc) is 3.03. The number of ketones is 1. The molecule has 2 aromatic rings. The van der Waals surface area contributed by atoms with Gasteiger partial charge in [-0.25, -0.2) is 4.79 Å². The molecule has 0 aliphatic carbocycles. The fraction of sp³-hybridized carbons (Fsp3) is 0.360. The number of benzene rings is 1. The van der Waals surface area contributed by atoms with Crippen LogP contribution in [0.3, 0.4) is 0 Å². The van der Waals surface area contributed by atoms with Crippen LogP contribution in [0.1, 0.15) is 53.1 Å². The van der Waals surface area contributed by atoms with Crippen molar-refractivity contribution in [1.82, 2.24) is 9.88 Å². The average molecular weight is 436 g/mol. The number of hydrogen-bond acceptors (Lipinski definition) is 5. The summed E-state index contributed by atoms with van der Waals surface area (Å²) in [5.74, 6) is -1.27. The van der Waals surface area contributed by atoms with Crippen molar-refractivity contribution in [2.24, 2.45) is 0 Å². The molecule has 0 aliphatic rings. The summed E-state index contributed by atoms with van der Waals surface area (Å²) in [4.78, 5) is 35.6. The summed E-state index contributed by atoms with van der Waals surface area (Å²) in [7, 11) is 0. The van der Waals surface area contributed by atoms with Crippen molar-refractivity contribution in [3.8, 4) is 6.07 Å². The van der Waals surface area contributed by atoms with Gasteiger partial charge in [-0.15, -0.1) is 0 Å². The minimum atomic E-state index is -0.826. The highest BCUT2D eigenvalue weighted by atomic mass is 16.5. The van der Waals surface area contributed by atoms with Crippen molar-refractivity contribution >= 4 is 23.7 Å². The van der Waals surface area contributed by atoms with Crippen LogP contribution in [0.15, 0.2) is 35.9 Å². The molecule has 1 aromatic heterocycles. The number of carbonyl (C=O) groups excluding carboxylic acids is 3. The smallest absolute Gasteiger partial charge is 0.349 e. The maximum Gasteiger partial charge on any atom is 0.349 e. The Bertz CT molecular complexity index is 1060. The third-order valence-corrected chi connectivity index (χ3v) is 5.10. The zero-order chi connectivity index (χ0) is 23.7. The Labute approximate surface area is 188 Å². The number of rotatable bonds is 10. The lowest BCUT2D eigenvalue weighted by Gasteiger charge is -2.07. The van der Waals surface area contributed by atoms with E-state index in [4.69, 9.17) is 4.74 Å². The molecule has 7 heteroatoms. The van der Waals surface area contributed by atoms with Gasteiger partial charge in [0.2, 0.25) is 5.91 Å². The molecule has 1 amide bonds. The molecule has 0 spiro atoms. The number of aryl methyl sites for hydroxylation is 1. The Hall–Kier alpha value is -3.66. The highest BCUT2D eigenvalue weighted by Gasteiger charge is 2.16. The quantitative estimate of drug-likeness (QED) is 0.266. The van der Waals surface area contributed by atoms with Gasteiger partial charge in [-0.05, 0) is 50.0 Å². The molecular weight excluding hydrogens is 406 g/mol. The van der Waals surface area contributed by atoms with E-state index in [2.05, 4.69) is 16.8 Å². The van der Waals surface area contributed by atoms with Crippen LogP contribution in [0, 0.1) is 25.2 Å². The summed E-state index contributed by atoms with van der Waals surface area (Å²) in [5, 5.41) is 12.1. The van der Waals surface area contributed by atoms with Gasteiger partial charge in [-0.3, -0.25) is 9.59 Å². The van der Waals surface area contributed by atoms with Gasteiger partial charge in [0.1, 0.15) is 11.6 Å². The van der Waals surface area contributed by atoms with Crippen LogP contribution in [0.4, 0.5) is 0 Å². The van der Waals surface area contributed by atoms with Gasteiger partial charge >= 0.3 is 5.97 Å². The lowest BCUT2D eigenvalue weighted by molar-refractivity contribution is -0.137. The predicted octanol–water partition coefficient (Wildman–Crippen LogP) is 3.53. The maximum atomic E-state index is 12.4. The van der Waals surface area contributed by atoms with Crippen LogP contribution in [0.2, 0.25) is 0 Å². The van der Waals surface area contributed by atoms with E-state index in [0.717, 1.165) is 35.5 Å². The van der Waals surface area contributed by atoms with E-state index in [-0.39, 0.29) is 17.3 Å². The van der Waals surface area contributed by atoms with E-state index < -0.39 is 12.6 Å². The minimum absolute atomic E-state index is 0.0896. The van der Waals surface area contributed by atoms with Crippen LogP contribution in [-0.2, 0) is 27.3 Å². The van der Waals surface area contributed by atoms with Crippen molar-refractivity contribution in [2.45, 2.75) is 47.1 Å². The van der Waals surface area contributed by atoms with Crippen LogP contribution in [0.5, 0.6) is 0 Å². The second-order valence-corrected chi connectivity index (χ2v) is 7.58. The summed E-state index contributed by atoms with van der Waals surface area (Å²) in [5.41, 5.74) is 4.04. The van der Waals surface area contributed by atoms with Crippen molar-refractivity contribution in [3.05, 3.63) is 64.0 Å². The van der Waals surface area contributed by atoms with E-state index in [1.165, 1.54) is 13.0 Å². The van der Waals surface area contributed by atoms with Gasteiger partial charge in [-0.1, -0.05) is 31.2 Å². The molecule has 0 atom stereocenters. The molecule has 0 unspecified atom stereocenters. The SMILES string of the molecule is CCCn1c(C)cc(/C=C(\C#N)C(=O)OCC(=O)c2ccc(CCNC(C)=O)cc2)c1C. The lowest BCUT2D eigenvalue weighted by atomic mass is 10.1. The topological polar surface area (TPSA) is 101 Å². The lowest BCUT2D eigenvalue weighted by Crippen LogP contribution is -2.22. The molecule has 0 saturated carbocycles. The molecule has 168 valence electrons. The number of Topliss-reactive ketones (excluding diaryl/α,β-unsaturated/α-hetero) is 1. The normalized spacial score (nSPS) is 11.0. The molecule has 1 aromatic carbocycles. The largest absolute Gasteiger partial charge is 0.453 e. The Balaban J connectivity index is 1.99. The molecule has 1 heterocycles. The Morgan fingerprint density at radius 2 is 1.88 bits per heavy atom. The minimum Gasteiger partial charge on any atom is -0.453 e. The maximum absolute atomic E-state index is 12.4. The summed E-state index contributed by atoms with van der Waals surface area (Å²) >= 11 is 0. The van der Waals surface area contributed by atoms with E-state index in [1.807, 2.05) is 26.0 Å². The molecule has 32 heavy (non-hydrogen) atoms. The Kier molecular flexibility index (Phi) is 8.96. The number of esters is 1. The molecule has 1 N–H and O–H groups in total. The number of nitrogens with one attached hydrogen (secondary N) is 1. The first-order valence-corrected chi connectivity index (χ1v) is 10.6. The molecule has 0 aliphatic heterocycles. The van der Waals surface area contributed by atoms with Crippen LogP contribution in [-0.4, -0.2) is 35.4 Å². The number of nitrogens with zero attached hydrogens (tertiary/aromatic N) is 2. The van der Waals surface area contributed by atoms with Crippen LogP contribution < -0.4 is 5.32 Å². The van der Waals surface area contributed by atoms with Crippen molar-refractivity contribution in [1.29, 1.82) is 5.26 Å². The standard InChI is InChI=1S/C25H29N3O4/c1-5-12-28-17(2)13-22(18(28)3)14-23(15-26)25(31)32-16-24(30)21-8-6-20(7-9-21)10-11-27-19(4)29/h6-9,13-14H,5,10-12,16H2,1-4H3,(H,27,29)/b23-14+. The van der Waals surface area contributed by atoms with Gasteiger partial charge in [0, 0.05) is 37.0 Å². The second-order valence-electron chi connectivity index (χ2n) is 7.58. The van der Waals surface area contributed by atoms with Crippen molar-refractivity contribution in [3.63, 3.8) is 0 Å². The van der Waals surface area contributed by atoms with E-state index in [1.54, 1.807) is 24.3 Å². The van der Waals surface area contributed by atoms with Crippen LogP contribution >= 0.6 is 0 Å². The van der Waals surface area contributed by atoms with Gasteiger partial charge in [0.05, 0.1) is 0 Å². The predicted molar refractivity (Wildman–Crippen MR) is 122 cm³/mol. The highest BCUT2D eigenvalue weighted by molar-refractivity contribution is 6.02. The zero-order valence-electron chi connectivity index (χ0n) is 19.0. The third-order valence-electron chi connectivity index (χ3n) is 5.10.